The smallest absolute Gasteiger partial charge is 0.305 e. The molecule has 2 amide bonds. The predicted molar refractivity (Wildman–Crippen MR) is 114 cm³/mol. The zero-order valence-corrected chi connectivity index (χ0v) is 17.8. The number of nitrogens with one attached hydrogen (secondary N) is 1. The van der Waals surface area contributed by atoms with E-state index in [1.165, 1.54) is 32.7 Å². The van der Waals surface area contributed by atoms with Crippen molar-refractivity contribution in [2.45, 2.75) is 55.7 Å². The summed E-state index contributed by atoms with van der Waals surface area (Å²) < 4.78 is 17.5. The van der Waals surface area contributed by atoms with E-state index in [1.807, 2.05) is 6.07 Å². The molecule has 1 aromatic heterocycles. The van der Waals surface area contributed by atoms with E-state index in [1.54, 1.807) is 11.3 Å². The van der Waals surface area contributed by atoms with Crippen molar-refractivity contribution in [2.75, 3.05) is 18.9 Å². The maximum atomic E-state index is 12.7. The fourth-order valence-electron chi connectivity index (χ4n) is 4.78. The summed E-state index contributed by atoms with van der Waals surface area (Å²) in [7, 11) is 0.0386. The van der Waals surface area contributed by atoms with E-state index >= 15 is 0 Å². The molecule has 2 aromatic rings. The third kappa shape index (κ3) is 3.29. The summed E-state index contributed by atoms with van der Waals surface area (Å²) in [5.41, 5.74) is 7.48. The van der Waals surface area contributed by atoms with E-state index in [0.717, 1.165) is 63.7 Å². The lowest BCUT2D eigenvalue weighted by molar-refractivity contribution is 0.260. The van der Waals surface area contributed by atoms with Gasteiger partial charge in [0, 0.05) is 23.7 Å². The Balaban J connectivity index is 1.41. The number of thiophene rings is 1. The van der Waals surface area contributed by atoms with Crippen molar-refractivity contribution in [2.24, 2.45) is 4.36 Å². The van der Waals surface area contributed by atoms with Crippen LogP contribution in [0.15, 0.2) is 20.7 Å². The molecule has 1 atom stereocenters. The highest BCUT2D eigenvalue weighted by Gasteiger charge is 2.25. The molecule has 1 unspecified atom stereocenters. The summed E-state index contributed by atoms with van der Waals surface area (Å²) in [5.74, 6) is 0. The van der Waals surface area contributed by atoms with Gasteiger partial charge in [-0.2, -0.15) is 0 Å². The first-order chi connectivity index (χ1) is 13.6. The van der Waals surface area contributed by atoms with Crippen LogP contribution in [0.2, 0.25) is 0 Å². The number of likely N-dealkylation sites (N-methyl/N-ethyl adjacent to an activating group) is 1. The quantitative estimate of drug-likeness (QED) is 0.730. The highest BCUT2D eigenvalue weighted by Crippen LogP contribution is 2.38. The van der Waals surface area contributed by atoms with Crippen molar-refractivity contribution in [3.63, 3.8) is 0 Å². The van der Waals surface area contributed by atoms with Crippen LogP contribution in [0.1, 0.15) is 45.5 Å². The molecule has 28 heavy (non-hydrogen) atoms. The van der Waals surface area contributed by atoms with Crippen LogP contribution >= 0.6 is 11.3 Å². The van der Waals surface area contributed by atoms with Crippen molar-refractivity contribution < 1.29 is 9.00 Å². The van der Waals surface area contributed by atoms with Crippen molar-refractivity contribution >= 4 is 33.7 Å². The summed E-state index contributed by atoms with van der Waals surface area (Å²) in [6.07, 6.45) is 7.46. The standard InChI is InChI=1S/C21H25N3O2S2/c1-24-9-8-18-15(12-24)11-19(27-18)28(26)23-21(25)22-20-16-6-2-4-13(16)10-14-5-3-7-17(14)20/h10-11,28H,2-9,12H2,1H3,(H,22,25). The number of carbonyl (C=O) groups excluding carboxylic acids is 1. The van der Waals surface area contributed by atoms with Gasteiger partial charge in [0.05, 0.1) is 14.8 Å². The average Bonchev–Trinajstić information content (AvgIpc) is 3.39. The highest BCUT2D eigenvalue weighted by atomic mass is 32.2. The van der Waals surface area contributed by atoms with Crippen molar-refractivity contribution in [1.82, 2.24) is 4.90 Å². The second-order valence-electron chi connectivity index (χ2n) is 8.06. The number of aryl methyl sites for hydroxylation is 2. The number of nitrogens with zero attached hydrogens (tertiary/aromatic N) is 2. The molecule has 1 aromatic carbocycles. The number of benzene rings is 1. The zero-order chi connectivity index (χ0) is 19.3. The SMILES string of the molecule is CN1CCc2sc([SH](=O)=NC(=O)Nc3c4c(cc5c3CCC5)CCC4)cc2C1. The van der Waals surface area contributed by atoms with E-state index < -0.39 is 16.6 Å². The van der Waals surface area contributed by atoms with Crippen molar-refractivity contribution in [3.05, 3.63) is 44.8 Å². The second kappa shape index (κ2) is 7.28. The monoisotopic (exact) mass is 415 g/mol. The first kappa shape index (κ1) is 18.3. The van der Waals surface area contributed by atoms with E-state index in [4.69, 9.17) is 0 Å². The fourth-order valence-corrected chi connectivity index (χ4v) is 7.03. The molecule has 3 aliphatic rings. The Morgan fingerprint density at radius 2 is 1.79 bits per heavy atom. The molecule has 0 spiro atoms. The molecule has 5 rings (SSSR count). The normalized spacial score (nSPS) is 19.3. The molecule has 0 saturated heterocycles. The third-order valence-electron chi connectivity index (χ3n) is 6.12. The Kier molecular flexibility index (Phi) is 4.77. The van der Waals surface area contributed by atoms with Crippen LogP contribution in [-0.2, 0) is 49.2 Å². The van der Waals surface area contributed by atoms with Gasteiger partial charge in [-0.05, 0) is 85.9 Å². The molecule has 148 valence electrons. The molecule has 2 aliphatic carbocycles. The molecule has 7 heteroatoms. The Morgan fingerprint density at radius 1 is 1.07 bits per heavy atom. The van der Waals surface area contributed by atoms with Crippen molar-refractivity contribution in [3.8, 4) is 0 Å². The van der Waals surface area contributed by atoms with Crippen LogP contribution < -0.4 is 5.32 Å². The first-order valence-corrected chi connectivity index (χ1v) is 12.1. The van der Waals surface area contributed by atoms with E-state index in [-0.39, 0.29) is 0 Å². The molecule has 1 aliphatic heterocycles. The van der Waals surface area contributed by atoms with Gasteiger partial charge in [-0.1, -0.05) is 6.07 Å². The van der Waals surface area contributed by atoms with E-state index in [9.17, 15) is 9.00 Å². The van der Waals surface area contributed by atoms with Gasteiger partial charge in [0.1, 0.15) is 0 Å². The molecule has 1 N–H and O–H groups in total. The van der Waals surface area contributed by atoms with Gasteiger partial charge in [0.25, 0.3) is 0 Å². The summed E-state index contributed by atoms with van der Waals surface area (Å²) >= 11 is 1.55. The van der Waals surface area contributed by atoms with Crippen LogP contribution in [-0.4, -0.2) is 28.7 Å². The minimum Gasteiger partial charge on any atom is -0.305 e. The van der Waals surface area contributed by atoms with Crippen LogP contribution in [0.25, 0.3) is 0 Å². The number of fused-ring (bicyclic) bond motifs is 3. The fraction of sp³-hybridized carbons (Fsp3) is 0.476. The summed E-state index contributed by atoms with van der Waals surface area (Å²) in [6.45, 7) is 1.90. The number of hydrogen-bond acceptors (Lipinski definition) is 4. The van der Waals surface area contributed by atoms with Crippen LogP contribution in [0.3, 0.4) is 0 Å². The Hall–Kier alpha value is -1.70. The van der Waals surface area contributed by atoms with E-state index in [0.29, 0.717) is 4.21 Å². The summed E-state index contributed by atoms with van der Waals surface area (Å²) in [4.78, 5) is 16.2. The number of carbonyl (C=O) groups is 1. The molecule has 0 fully saturated rings. The Bertz CT molecular complexity index is 1020. The minimum absolute atomic E-state index is 0.473. The predicted octanol–water partition coefficient (Wildman–Crippen LogP) is 3.97. The van der Waals surface area contributed by atoms with E-state index in [2.05, 4.69) is 27.7 Å². The summed E-state index contributed by atoms with van der Waals surface area (Å²) in [5, 5.41) is 3.02. The van der Waals surface area contributed by atoms with Gasteiger partial charge in [0.15, 0.2) is 0 Å². The number of rotatable bonds is 2. The molecule has 0 radical (unpaired) electrons. The maximum Gasteiger partial charge on any atom is 0.353 e. The lowest BCUT2D eigenvalue weighted by atomic mass is 9.99. The van der Waals surface area contributed by atoms with Gasteiger partial charge in [-0.3, -0.25) is 0 Å². The molecular formula is C21H25N3O2S2. The number of thiol groups is 1. The first-order valence-electron chi connectivity index (χ1n) is 10.0. The van der Waals surface area contributed by atoms with Gasteiger partial charge in [0.2, 0.25) is 0 Å². The van der Waals surface area contributed by atoms with Gasteiger partial charge in [-0.15, -0.1) is 15.7 Å². The number of anilines is 1. The highest BCUT2D eigenvalue weighted by molar-refractivity contribution is 7.78. The number of urea groups is 1. The van der Waals surface area contributed by atoms with Crippen LogP contribution in [0.4, 0.5) is 10.5 Å². The topological polar surface area (TPSA) is 61.8 Å². The molecular weight excluding hydrogens is 390 g/mol. The molecule has 2 heterocycles. The summed E-state index contributed by atoms with van der Waals surface area (Å²) in [6, 6.07) is 3.84. The maximum absolute atomic E-state index is 12.7. The molecule has 0 bridgehead atoms. The minimum atomic E-state index is -2.05. The van der Waals surface area contributed by atoms with Gasteiger partial charge >= 0.3 is 6.03 Å². The lowest BCUT2D eigenvalue weighted by Crippen LogP contribution is -2.25. The third-order valence-corrected chi connectivity index (χ3v) is 8.77. The van der Waals surface area contributed by atoms with Gasteiger partial charge < -0.3 is 10.2 Å². The second-order valence-corrected chi connectivity index (χ2v) is 10.7. The molecule has 0 saturated carbocycles. The Labute approximate surface area is 171 Å². The number of hydrogen-bond donors (Lipinski definition) is 2. The lowest BCUT2D eigenvalue weighted by Gasteiger charge is -2.21. The van der Waals surface area contributed by atoms with Crippen LogP contribution in [0, 0.1) is 0 Å². The van der Waals surface area contributed by atoms with Crippen molar-refractivity contribution in [1.29, 1.82) is 0 Å². The molecule has 5 nitrogen and oxygen atoms in total. The largest absolute Gasteiger partial charge is 0.353 e. The average molecular weight is 416 g/mol. The zero-order valence-electron chi connectivity index (χ0n) is 16.1. The van der Waals surface area contributed by atoms with Crippen LogP contribution in [0.5, 0.6) is 0 Å². The number of amides is 2. The Morgan fingerprint density at radius 3 is 2.50 bits per heavy atom. The van der Waals surface area contributed by atoms with Gasteiger partial charge in [-0.25, -0.2) is 9.00 Å².